The van der Waals surface area contributed by atoms with Crippen molar-refractivity contribution in [2.45, 2.75) is 45.2 Å². The molecule has 0 amide bonds. The minimum Gasteiger partial charge on any atom is -0.467 e. The van der Waals surface area contributed by atoms with Gasteiger partial charge in [-0.1, -0.05) is 12.1 Å². The normalized spacial score (nSPS) is 18.5. The summed E-state index contributed by atoms with van der Waals surface area (Å²) in [7, 11) is 1.47. The number of esters is 1. The summed E-state index contributed by atoms with van der Waals surface area (Å²) in [4.78, 5) is 14.8. The number of piperidine rings is 1. The summed E-state index contributed by atoms with van der Waals surface area (Å²) in [5.74, 6) is -0.160. The van der Waals surface area contributed by atoms with Crippen molar-refractivity contribution in [3.05, 3.63) is 29.8 Å². The fourth-order valence-electron chi connectivity index (χ4n) is 3.00. The molecule has 1 aliphatic rings. The maximum absolute atomic E-state index is 12.4. The Morgan fingerprint density at radius 2 is 2.00 bits per heavy atom. The number of hydrogen-bond acceptors (Lipinski definition) is 4. The van der Waals surface area contributed by atoms with Gasteiger partial charge in [0.1, 0.15) is 5.54 Å². The first-order chi connectivity index (χ1) is 9.97. The SMILES string of the molecule is COC(=O)C1(Nc2cccc(C)c2)CCN(C(C)C)CC1. The molecule has 1 N–H and O–H groups in total. The number of nitrogens with zero attached hydrogens (tertiary/aromatic N) is 1. The third kappa shape index (κ3) is 3.56. The third-order valence-electron chi connectivity index (χ3n) is 4.36. The van der Waals surface area contributed by atoms with Gasteiger partial charge in [0.25, 0.3) is 0 Å². The van der Waals surface area contributed by atoms with E-state index in [2.05, 4.69) is 43.1 Å². The van der Waals surface area contributed by atoms with E-state index < -0.39 is 5.54 Å². The smallest absolute Gasteiger partial charge is 0.331 e. The van der Waals surface area contributed by atoms with Gasteiger partial charge in [-0.15, -0.1) is 0 Å². The van der Waals surface area contributed by atoms with Gasteiger partial charge in [0.2, 0.25) is 0 Å². The molecule has 1 fully saturated rings. The average molecular weight is 290 g/mol. The number of ether oxygens (including phenoxy) is 1. The standard InChI is InChI=1S/C17H26N2O2/c1-13(2)19-10-8-17(9-11-19,16(20)21-4)18-15-7-5-6-14(3)12-15/h5-7,12-13,18H,8-11H2,1-4H3. The third-order valence-corrected chi connectivity index (χ3v) is 4.36. The molecule has 4 heteroatoms. The molecular formula is C17H26N2O2. The van der Waals surface area contributed by atoms with Gasteiger partial charge in [-0.05, 0) is 51.3 Å². The highest BCUT2D eigenvalue weighted by molar-refractivity contribution is 5.84. The molecule has 0 radical (unpaired) electrons. The van der Waals surface area contributed by atoms with E-state index in [0.29, 0.717) is 6.04 Å². The summed E-state index contributed by atoms with van der Waals surface area (Å²) in [5, 5.41) is 3.44. The Balaban J connectivity index is 2.17. The maximum atomic E-state index is 12.4. The highest BCUT2D eigenvalue weighted by atomic mass is 16.5. The lowest BCUT2D eigenvalue weighted by Gasteiger charge is -2.42. The van der Waals surface area contributed by atoms with E-state index in [1.807, 2.05) is 12.1 Å². The molecule has 1 aliphatic heterocycles. The summed E-state index contributed by atoms with van der Waals surface area (Å²) < 4.78 is 5.07. The molecular weight excluding hydrogens is 264 g/mol. The number of benzene rings is 1. The largest absolute Gasteiger partial charge is 0.467 e. The van der Waals surface area contributed by atoms with Crippen molar-refractivity contribution in [3.63, 3.8) is 0 Å². The molecule has 0 atom stereocenters. The summed E-state index contributed by atoms with van der Waals surface area (Å²) >= 11 is 0. The lowest BCUT2D eigenvalue weighted by Crippen LogP contribution is -2.56. The van der Waals surface area contributed by atoms with Crippen molar-refractivity contribution in [1.29, 1.82) is 0 Å². The number of likely N-dealkylation sites (tertiary alicyclic amines) is 1. The number of nitrogens with one attached hydrogen (secondary N) is 1. The topological polar surface area (TPSA) is 41.6 Å². The van der Waals surface area contributed by atoms with Crippen LogP contribution in [0.5, 0.6) is 0 Å². The van der Waals surface area contributed by atoms with E-state index in [-0.39, 0.29) is 5.97 Å². The molecule has 1 aromatic rings. The molecule has 0 saturated carbocycles. The van der Waals surface area contributed by atoms with Crippen molar-refractivity contribution >= 4 is 11.7 Å². The minimum absolute atomic E-state index is 0.160. The molecule has 0 unspecified atom stereocenters. The molecule has 1 heterocycles. The van der Waals surface area contributed by atoms with Crippen LogP contribution in [-0.4, -0.2) is 42.6 Å². The zero-order chi connectivity index (χ0) is 15.5. The fourth-order valence-corrected chi connectivity index (χ4v) is 3.00. The highest BCUT2D eigenvalue weighted by Gasteiger charge is 2.42. The summed E-state index contributed by atoms with van der Waals surface area (Å²) in [5.41, 5.74) is 1.56. The first-order valence-electron chi connectivity index (χ1n) is 7.64. The van der Waals surface area contributed by atoms with Crippen molar-refractivity contribution in [2.24, 2.45) is 0 Å². The van der Waals surface area contributed by atoms with Crippen LogP contribution in [0.3, 0.4) is 0 Å². The van der Waals surface area contributed by atoms with Gasteiger partial charge in [-0.3, -0.25) is 0 Å². The van der Waals surface area contributed by atoms with Gasteiger partial charge < -0.3 is 15.0 Å². The van der Waals surface area contributed by atoms with Crippen LogP contribution < -0.4 is 5.32 Å². The molecule has 4 nitrogen and oxygen atoms in total. The van der Waals surface area contributed by atoms with Crippen molar-refractivity contribution in [3.8, 4) is 0 Å². The molecule has 21 heavy (non-hydrogen) atoms. The Kier molecular flexibility index (Phi) is 4.88. The van der Waals surface area contributed by atoms with Crippen molar-refractivity contribution in [2.75, 3.05) is 25.5 Å². The van der Waals surface area contributed by atoms with Crippen molar-refractivity contribution in [1.82, 2.24) is 4.90 Å². The highest BCUT2D eigenvalue weighted by Crippen LogP contribution is 2.29. The number of carbonyl (C=O) groups is 1. The summed E-state index contributed by atoms with van der Waals surface area (Å²) in [6.45, 7) is 8.26. The second-order valence-corrected chi connectivity index (χ2v) is 6.20. The first kappa shape index (κ1) is 15.8. The zero-order valence-corrected chi connectivity index (χ0v) is 13.5. The molecule has 0 bridgehead atoms. The van der Waals surface area contributed by atoms with Gasteiger partial charge in [0.15, 0.2) is 0 Å². The first-order valence-corrected chi connectivity index (χ1v) is 7.64. The molecule has 1 aromatic carbocycles. The lowest BCUT2D eigenvalue weighted by atomic mass is 9.86. The van der Waals surface area contributed by atoms with Crippen LogP contribution in [-0.2, 0) is 9.53 Å². The van der Waals surface area contributed by atoms with Gasteiger partial charge in [-0.2, -0.15) is 0 Å². The van der Waals surface area contributed by atoms with E-state index in [1.165, 1.54) is 12.7 Å². The summed E-state index contributed by atoms with van der Waals surface area (Å²) in [6.07, 6.45) is 1.54. The number of hydrogen-bond donors (Lipinski definition) is 1. The van der Waals surface area contributed by atoms with Crippen LogP contribution >= 0.6 is 0 Å². The Hall–Kier alpha value is -1.55. The molecule has 2 rings (SSSR count). The van der Waals surface area contributed by atoms with Crippen LogP contribution in [0, 0.1) is 6.92 Å². The van der Waals surface area contributed by atoms with E-state index in [1.54, 1.807) is 0 Å². The Bertz CT molecular complexity index is 491. The molecule has 0 spiro atoms. The van der Waals surface area contributed by atoms with E-state index >= 15 is 0 Å². The Morgan fingerprint density at radius 3 is 2.52 bits per heavy atom. The maximum Gasteiger partial charge on any atom is 0.331 e. The number of anilines is 1. The molecule has 0 aromatic heterocycles. The second-order valence-electron chi connectivity index (χ2n) is 6.20. The quantitative estimate of drug-likeness (QED) is 0.866. The van der Waals surface area contributed by atoms with E-state index in [9.17, 15) is 4.79 Å². The monoisotopic (exact) mass is 290 g/mol. The van der Waals surface area contributed by atoms with Crippen molar-refractivity contribution < 1.29 is 9.53 Å². The summed E-state index contributed by atoms with van der Waals surface area (Å²) in [6, 6.07) is 8.65. The molecule has 116 valence electrons. The fraction of sp³-hybridized carbons (Fsp3) is 0.588. The number of carbonyl (C=O) groups excluding carboxylic acids is 1. The van der Waals surface area contributed by atoms with Crippen LogP contribution in [0.4, 0.5) is 5.69 Å². The second kappa shape index (κ2) is 6.48. The van der Waals surface area contributed by atoms with Gasteiger partial charge in [-0.25, -0.2) is 4.79 Å². The Labute approximate surface area is 127 Å². The van der Waals surface area contributed by atoms with E-state index in [4.69, 9.17) is 4.74 Å². The van der Waals surface area contributed by atoms with Crippen LogP contribution in [0.2, 0.25) is 0 Å². The minimum atomic E-state index is -0.603. The average Bonchev–Trinajstić information content (AvgIpc) is 2.46. The van der Waals surface area contributed by atoms with Crippen LogP contribution in [0.25, 0.3) is 0 Å². The predicted molar refractivity (Wildman–Crippen MR) is 85.5 cm³/mol. The van der Waals surface area contributed by atoms with Crippen LogP contribution in [0.15, 0.2) is 24.3 Å². The van der Waals surface area contributed by atoms with Gasteiger partial charge in [0, 0.05) is 24.8 Å². The Morgan fingerprint density at radius 1 is 1.33 bits per heavy atom. The molecule has 1 saturated heterocycles. The van der Waals surface area contributed by atoms with Crippen LogP contribution in [0.1, 0.15) is 32.3 Å². The zero-order valence-electron chi connectivity index (χ0n) is 13.5. The molecule has 0 aliphatic carbocycles. The number of methoxy groups -OCH3 is 1. The number of aryl methyl sites for hydroxylation is 1. The number of rotatable bonds is 4. The van der Waals surface area contributed by atoms with Gasteiger partial charge >= 0.3 is 5.97 Å². The predicted octanol–water partition coefficient (Wildman–Crippen LogP) is 2.82. The van der Waals surface area contributed by atoms with Gasteiger partial charge in [0.05, 0.1) is 7.11 Å². The van der Waals surface area contributed by atoms with E-state index in [0.717, 1.165) is 31.6 Å². The lowest BCUT2D eigenvalue weighted by molar-refractivity contribution is -0.148.